The number of benzene rings is 1. The Morgan fingerprint density at radius 2 is 2.18 bits per heavy atom. The van der Waals surface area contributed by atoms with Gasteiger partial charge in [0.05, 0.1) is 25.3 Å². The third kappa shape index (κ3) is 2.28. The predicted octanol–water partition coefficient (Wildman–Crippen LogP) is 1.68. The van der Waals surface area contributed by atoms with Crippen molar-refractivity contribution in [2.75, 3.05) is 12.4 Å². The van der Waals surface area contributed by atoms with Gasteiger partial charge < -0.3 is 14.6 Å². The van der Waals surface area contributed by atoms with Crippen LogP contribution in [0.3, 0.4) is 0 Å². The minimum Gasteiger partial charge on any atom is -0.495 e. The molecule has 0 unspecified atom stereocenters. The van der Waals surface area contributed by atoms with E-state index in [-0.39, 0.29) is 5.91 Å². The van der Waals surface area contributed by atoms with Gasteiger partial charge in [-0.05, 0) is 12.1 Å². The smallest absolute Gasteiger partial charge is 0.274 e. The number of carbonyl (C=O) groups excluding carboxylic acids is 1. The highest BCUT2D eigenvalue weighted by Gasteiger charge is 2.11. The van der Waals surface area contributed by atoms with Crippen LogP contribution in [0.15, 0.2) is 36.8 Å². The zero-order valence-corrected chi connectivity index (χ0v) is 9.68. The van der Waals surface area contributed by atoms with Gasteiger partial charge in [-0.3, -0.25) is 4.79 Å². The van der Waals surface area contributed by atoms with Crippen molar-refractivity contribution in [2.45, 2.75) is 0 Å². The number of hydrogen-bond acceptors (Lipinski definition) is 3. The Morgan fingerprint density at radius 1 is 1.41 bits per heavy atom. The Hall–Kier alpha value is -2.30. The SMILES string of the molecule is COc1ccccc1NC(=O)c1cncn1C. The van der Waals surface area contributed by atoms with Crippen LogP contribution in [0, 0.1) is 0 Å². The first kappa shape index (κ1) is 11.2. The van der Waals surface area contributed by atoms with Crippen LogP contribution in [0.2, 0.25) is 0 Å². The maximum atomic E-state index is 11.9. The van der Waals surface area contributed by atoms with Crippen LogP contribution in [-0.2, 0) is 7.05 Å². The van der Waals surface area contributed by atoms with E-state index in [0.29, 0.717) is 17.1 Å². The van der Waals surface area contributed by atoms with Gasteiger partial charge in [-0.1, -0.05) is 12.1 Å². The molecule has 0 fully saturated rings. The monoisotopic (exact) mass is 231 g/mol. The van der Waals surface area contributed by atoms with Crippen molar-refractivity contribution in [1.82, 2.24) is 9.55 Å². The summed E-state index contributed by atoms with van der Waals surface area (Å²) in [5.74, 6) is 0.414. The molecule has 1 amide bonds. The normalized spacial score (nSPS) is 10.0. The van der Waals surface area contributed by atoms with Crippen molar-refractivity contribution in [3.8, 4) is 5.75 Å². The maximum absolute atomic E-state index is 11.9. The summed E-state index contributed by atoms with van der Waals surface area (Å²) in [5.41, 5.74) is 1.14. The molecule has 1 heterocycles. The summed E-state index contributed by atoms with van der Waals surface area (Å²) in [6.45, 7) is 0. The van der Waals surface area contributed by atoms with Crippen LogP contribution in [0.25, 0.3) is 0 Å². The number of aryl methyl sites for hydroxylation is 1. The topological polar surface area (TPSA) is 56.1 Å². The van der Waals surface area contributed by atoms with E-state index in [1.54, 1.807) is 37.2 Å². The zero-order chi connectivity index (χ0) is 12.3. The summed E-state index contributed by atoms with van der Waals surface area (Å²) in [4.78, 5) is 15.8. The number of hydrogen-bond donors (Lipinski definition) is 1. The molecule has 0 bridgehead atoms. The second kappa shape index (κ2) is 4.69. The van der Waals surface area contributed by atoms with E-state index in [1.165, 1.54) is 6.20 Å². The lowest BCUT2D eigenvalue weighted by atomic mass is 10.3. The number of nitrogens with one attached hydrogen (secondary N) is 1. The van der Waals surface area contributed by atoms with E-state index < -0.39 is 0 Å². The highest BCUT2D eigenvalue weighted by molar-refractivity contribution is 6.03. The highest BCUT2D eigenvalue weighted by atomic mass is 16.5. The molecule has 17 heavy (non-hydrogen) atoms. The number of methoxy groups -OCH3 is 1. The van der Waals surface area contributed by atoms with Crippen molar-refractivity contribution >= 4 is 11.6 Å². The lowest BCUT2D eigenvalue weighted by Crippen LogP contribution is -2.15. The Bertz CT molecular complexity index is 534. The number of anilines is 1. The third-order valence-corrected chi connectivity index (χ3v) is 2.40. The second-order valence-electron chi connectivity index (χ2n) is 3.54. The van der Waals surface area contributed by atoms with Gasteiger partial charge in [0, 0.05) is 7.05 Å². The molecule has 2 rings (SSSR count). The quantitative estimate of drug-likeness (QED) is 0.874. The van der Waals surface area contributed by atoms with Gasteiger partial charge in [-0.15, -0.1) is 0 Å². The average molecular weight is 231 g/mol. The largest absolute Gasteiger partial charge is 0.495 e. The van der Waals surface area contributed by atoms with Crippen molar-refractivity contribution < 1.29 is 9.53 Å². The number of aromatic nitrogens is 2. The molecule has 1 aromatic heterocycles. The van der Waals surface area contributed by atoms with E-state index >= 15 is 0 Å². The van der Waals surface area contributed by atoms with Crippen molar-refractivity contribution in [3.63, 3.8) is 0 Å². The molecule has 1 N–H and O–H groups in total. The number of amides is 1. The van der Waals surface area contributed by atoms with Crippen LogP contribution in [0.4, 0.5) is 5.69 Å². The minimum absolute atomic E-state index is 0.213. The Labute approximate surface area is 99.0 Å². The van der Waals surface area contributed by atoms with Crippen LogP contribution in [-0.4, -0.2) is 22.6 Å². The van der Waals surface area contributed by atoms with Gasteiger partial charge >= 0.3 is 0 Å². The molecule has 0 spiro atoms. The Balaban J connectivity index is 2.22. The van der Waals surface area contributed by atoms with Gasteiger partial charge in [0.15, 0.2) is 0 Å². The van der Waals surface area contributed by atoms with Gasteiger partial charge in [-0.2, -0.15) is 0 Å². The van der Waals surface area contributed by atoms with Crippen LogP contribution >= 0.6 is 0 Å². The first-order chi connectivity index (χ1) is 8.22. The maximum Gasteiger partial charge on any atom is 0.274 e. The molecule has 0 radical (unpaired) electrons. The number of ether oxygens (including phenoxy) is 1. The molecule has 5 nitrogen and oxygen atoms in total. The summed E-state index contributed by atoms with van der Waals surface area (Å²) in [6.07, 6.45) is 3.10. The highest BCUT2D eigenvalue weighted by Crippen LogP contribution is 2.23. The molecule has 0 atom stereocenters. The fourth-order valence-corrected chi connectivity index (χ4v) is 1.51. The number of carbonyl (C=O) groups is 1. The molecular formula is C12H13N3O2. The fraction of sp³-hybridized carbons (Fsp3) is 0.167. The molecule has 0 aliphatic rings. The number of nitrogens with zero attached hydrogens (tertiary/aromatic N) is 2. The number of rotatable bonds is 3. The summed E-state index contributed by atoms with van der Waals surface area (Å²) >= 11 is 0. The summed E-state index contributed by atoms with van der Waals surface area (Å²) in [6, 6.07) is 7.26. The zero-order valence-electron chi connectivity index (χ0n) is 9.68. The van der Waals surface area contributed by atoms with Gasteiger partial charge in [-0.25, -0.2) is 4.98 Å². The van der Waals surface area contributed by atoms with Crippen molar-refractivity contribution in [2.24, 2.45) is 7.05 Å². The van der Waals surface area contributed by atoms with Gasteiger partial charge in [0.25, 0.3) is 5.91 Å². The van der Waals surface area contributed by atoms with Crippen LogP contribution < -0.4 is 10.1 Å². The standard InChI is InChI=1S/C12H13N3O2/c1-15-8-13-7-10(15)12(16)14-9-5-3-4-6-11(9)17-2/h3-8H,1-2H3,(H,14,16). The second-order valence-corrected chi connectivity index (χ2v) is 3.54. The molecular weight excluding hydrogens is 218 g/mol. The minimum atomic E-state index is -0.213. The predicted molar refractivity (Wildman–Crippen MR) is 64.2 cm³/mol. The lowest BCUT2D eigenvalue weighted by molar-refractivity contribution is 0.101. The van der Waals surface area contributed by atoms with Crippen molar-refractivity contribution in [1.29, 1.82) is 0 Å². The molecule has 0 saturated heterocycles. The third-order valence-electron chi connectivity index (χ3n) is 2.40. The van der Waals surface area contributed by atoms with Gasteiger partial charge in [0.1, 0.15) is 11.4 Å². The van der Waals surface area contributed by atoms with Crippen LogP contribution in [0.1, 0.15) is 10.5 Å². The van der Waals surface area contributed by atoms with Gasteiger partial charge in [0.2, 0.25) is 0 Å². The van der Waals surface area contributed by atoms with E-state index in [0.717, 1.165) is 0 Å². The molecule has 1 aromatic carbocycles. The molecule has 5 heteroatoms. The van der Waals surface area contributed by atoms with Crippen LogP contribution in [0.5, 0.6) is 5.75 Å². The fourth-order valence-electron chi connectivity index (χ4n) is 1.51. The summed E-state index contributed by atoms with van der Waals surface area (Å²) < 4.78 is 6.81. The Kier molecular flexibility index (Phi) is 3.09. The molecule has 0 aliphatic carbocycles. The number of para-hydroxylation sites is 2. The first-order valence-electron chi connectivity index (χ1n) is 5.13. The summed E-state index contributed by atoms with van der Waals surface area (Å²) in [7, 11) is 3.33. The average Bonchev–Trinajstić information content (AvgIpc) is 2.76. The molecule has 0 aliphatic heterocycles. The molecule has 88 valence electrons. The Morgan fingerprint density at radius 3 is 2.82 bits per heavy atom. The number of imidazole rings is 1. The first-order valence-corrected chi connectivity index (χ1v) is 5.13. The van der Waals surface area contributed by atoms with Crippen molar-refractivity contribution in [3.05, 3.63) is 42.5 Å². The van der Waals surface area contributed by atoms with E-state index in [2.05, 4.69) is 10.3 Å². The lowest BCUT2D eigenvalue weighted by Gasteiger charge is -2.09. The van der Waals surface area contributed by atoms with E-state index in [1.807, 2.05) is 12.1 Å². The van der Waals surface area contributed by atoms with E-state index in [9.17, 15) is 4.79 Å². The molecule has 0 saturated carbocycles. The summed E-state index contributed by atoms with van der Waals surface area (Å²) in [5, 5.41) is 2.78. The van der Waals surface area contributed by atoms with E-state index in [4.69, 9.17) is 4.74 Å². The molecule has 2 aromatic rings.